The van der Waals surface area contributed by atoms with Gasteiger partial charge in [-0.25, -0.2) is 0 Å². The van der Waals surface area contributed by atoms with Crippen LogP contribution < -0.4 is 10.6 Å². The quantitative estimate of drug-likeness (QED) is 0.406. The predicted octanol–water partition coefficient (Wildman–Crippen LogP) is 1.87. The van der Waals surface area contributed by atoms with E-state index >= 15 is 0 Å². The first-order valence-electron chi connectivity index (χ1n) is 6.94. The van der Waals surface area contributed by atoms with E-state index in [0.29, 0.717) is 12.1 Å². The number of guanidine groups is 1. The van der Waals surface area contributed by atoms with Crippen molar-refractivity contribution in [2.75, 3.05) is 6.54 Å². The molecule has 2 atom stereocenters. The molecule has 0 radical (unpaired) electrons. The Morgan fingerprint density at radius 3 is 2.33 bits per heavy atom. The Balaban J connectivity index is 0.00000162. The number of aliphatic hydroxyl groups excluding tert-OH is 1. The third-order valence-electron chi connectivity index (χ3n) is 3.79. The van der Waals surface area contributed by atoms with Crippen LogP contribution in [0, 0.1) is 5.92 Å². The Morgan fingerprint density at radius 1 is 1.22 bits per heavy atom. The monoisotopic (exact) mass is 367 g/mol. The highest BCUT2D eigenvalue weighted by atomic mass is 127. The number of nitrogens with one attached hydrogen (secondary N) is 2. The van der Waals surface area contributed by atoms with Crippen molar-refractivity contribution in [3.63, 3.8) is 0 Å². The minimum atomic E-state index is -0.0870. The maximum Gasteiger partial charge on any atom is 0.191 e. The molecule has 0 aromatic heterocycles. The Morgan fingerprint density at radius 2 is 1.83 bits per heavy atom. The molecule has 2 fully saturated rings. The minimum absolute atomic E-state index is 0. The molecule has 0 aromatic carbocycles. The molecule has 18 heavy (non-hydrogen) atoms. The zero-order chi connectivity index (χ0) is 12.3. The Hall–Kier alpha value is -0.0400. The van der Waals surface area contributed by atoms with Crippen LogP contribution in [0.4, 0.5) is 0 Å². The SMILES string of the molecule is CCN=C(NC1CCC(O)CC1)NC1CC1C.I. The van der Waals surface area contributed by atoms with E-state index in [9.17, 15) is 5.11 Å². The predicted molar refractivity (Wildman–Crippen MR) is 85.5 cm³/mol. The summed E-state index contributed by atoms with van der Waals surface area (Å²) in [7, 11) is 0. The first-order chi connectivity index (χ1) is 8.19. The lowest BCUT2D eigenvalue weighted by molar-refractivity contribution is 0.120. The zero-order valence-electron chi connectivity index (χ0n) is 11.4. The molecule has 2 aliphatic rings. The molecule has 5 heteroatoms. The lowest BCUT2D eigenvalue weighted by Crippen LogP contribution is -2.46. The van der Waals surface area contributed by atoms with Gasteiger partial charge in [0.1, 0.15) is 0 Å². The molecule has 0 saturated heterocycles. The van der Waals surface area contributed by atoms with E-state index in [0.717, 1.165) is 44.1 Å². The van der Waals surface area contributed by atoms with Crippen molar-refractivity contribution in [3.05, 3.63) is 0 Å². The molecular weight excluding hydrogens is 341 g/mol. The Kier molecular flexibility index (Phi) is 6.70. The summed E-state index contributed by atoms with van der Waals surface area (Å²) in [5.74, 6) is 1.75. The van der Waals surface area contributed by atoms with Gasteiger partial charge in [0.2, 0.25) is 0 Å². The smallest absolute Gasteiger partial charge is 0.191 e. The summed E-state index contributed by atoms with van der Waals surface area (Å²) in [6.07, 6.45) is 5.09. The highest BCUT2D eigenvalue weighted by Crippen LogP contribution is 2.28. The van der Waals surface area contributed by atoms with E-state index in [2.05, 4.69) is 29.5 Å². The van der Waals surface area contributed by atoms with Crippen molar-refractivity contribution >= 4 is 29.9 Å². The highest BCUT2D eigenvalue weighted by Gasteiger charge is 2.33. The lowest BCUT2D eigenvalue weighted by Gasteiger charge is -2.27. The normalized spacial score (nSPS) is 35.6. The fourth-order valence-electron chi connectivity index (χ4n) is 2.40. The fraction of sp³-hybridized carbons (Fsp3) is 0.923. The molecule has 0 heterocycles. The standard InChI is InChI=1S/C13H25N3O.HI/c1-3-14-13(16-12-8-9(12)2)15-10-4-6-11(17)7-5-10;/h9-12,17H,3-8H2,1-2H3,(H2,14,15,16);1H. The van der Waals surface area contributed by atoms with Crippen LogP contribution in [-0.4, -0.2) is 35.8 Å². The third-order valence-corrected chi connectivity index (χ3v) is 3.79. The van der Waals surface area contributed by atoms with E-state index in [1.807, 2.05) is 0 Å². The van der Waals surface area contributed by atoms with Crippen LogP contribution in [0.2, 0.25) is 0 Å². The molecule has 0 aliphatic heterocycles. The Labute approximate surface area is 127 Å². The van der Waals surface area contributed by atoms with Crippen LogP contribution in [-0.2, 0) is 0 Å². The number of hydrogen-bond acceptors (Lipinski definition) is 2. The van der Waals surface area contributed by atoms with Crippen LogP contribution in [0.25, 0.3) is 0 Å². The summed E-state index contributed by atoms with van der Waals surface area (Å²) in [5.41, 5.74) is 0. The molecule has 0 bridgehead atoms. The van der Waals surface area contributed by atoms with E-state index in [4.69, 9.17) is 0 Å². The van der Waals surface area contributed by atoms with Gasteiger partial charge in [0.15, 0.2) is 5.96 Å². The summed E-state index contributed by atoms with van der Waals surface area (Å²) in [5, 5.41) is 16.5. The topological polar surface area (TPSA) is 56.7 Å². The van der Waals surface area contributed by atoms with Gasteiger partial charge < -0.3 is 15.7 Å². The fourth-order valence-corrected chi connectivity index (χ4v) is 2.40. The maximum absolute atomic E-state index is 9.48. The molecule has 106 valence electrons. The van der Waals surface area contributed by atoms with Gasteiger partial charge in [-0.1, -0.05) is 6.92 Å². The second-order valence-corrected chi connectivity index (χ2v) is 5.44. The molecule has 2 unspecified atom stereocenters. The zero-order valence-corrected chi connectivity index (χ0v) is 13.7. The van der Waals surface area contributed by atoms with Crippen LogP contribution in [0.1, 0.15) is 46.0 Å². The second-order valence-electron chi connectivity index (χ2n) is 5.44. The average Bonchev–Trinajstić information content (AvgIpc) is 2.98. The second kappa shape index (κ2) is 7.53. The molecule has 2 saturated carbocycles. The molecule has 3 N–H and O–H groups in total. The summed E-state index contributed by atoms with van der Waals surface area (Å²) < 4.78 is 0. The van der Waals surface area contributed by atoms with Gasteiger partial charge >= 0.3 is 0 Å². The first-order valence-corrected chi connectivity index (χ1v) is 6.94. The van der Waals surface area contributed by atoms with Crippen molar-refractivity contribution in [2.45, 2.75) is 64.1 Å². The molecule has 2 rings (SSSR count). The average molecular weight is 367 g/mol. The number of halogens is 1. The van der Waals surface area contributed by atoms with Gasteiger partial charge in [0.05, 0.1) is 6.10 Å². The third kappa shape index (κ3) is 4.91. The van der Waals surface area contributed by atoms with Crippen LogP contribution in [0.5, 0.6) is 0 Å². The summed E-state index contributed by atoms with van der Waals surface area (Å²) in [4.78, 5) is 4.48. The molecule has 2 aliphatic carbocycles. The maximum atomic E-state index is 9.48. The van der Waals surface area contributed by atoms with Crippen molar-refractivity contribution in [3.8, 4) is 0 Å². The molecule has 0 spiro atoms. The van der Waals surface area contributed by atoms with E-state index in [-0.39, 0.29) is 30.1 Å². The highest BCUT2D eigenvalue weighted by molar-refractivity contribution is 14.0. The first kappa shape index (κ1) is 16.0. The Bertz CT molecular complexity index is 277. The van der Waals surface area contributed by atoms with Gasteiger partial charge in [-0.3, -0.25) is 4.99 Å². The van der Waals surface area contributed by atoms with Crippen molar-refractivity contribution < 1.29 is 5.11 Å². The van der Waals surface area contributed by atoms with E-state index in [1.54, 1.807) is 0 Å². The molecular formula is C13H26IN3O. The van der Waals surface area contributed by atoms with Crippen molar-refractivity contribution in [1.82, 2.24) is 10.6 Å². The van der Waals surface area contributed by atoms with E-state index in [1.165, 1.54) is 6.42 Å². The van der Waals surface area contributed by atoms with Gasteiger partial charge in [-0.2, -0.15) is 0 Å². The molecule has 0 amide bonds. The van der Waals surface area contributed by atoms with E-state index < -0.39 is 0 Å². The van der Waals surface area contributed by atoms with Crippen molar-refractivity contribution in [2.24, 2.45) is 10.9 Å². The number of rotatable bonds is 3. The van der Waals surface area contributed by atoms with Crippen LogP contribution in [0.3, 0.4) is 0 Å². The number of aliphatic hydroxyl groups is 1. The number of aliphatic imine (C=N–C) groups is 1. The number of nitrogens with zero attached hydrogens (tertiary/aromatic N) is 1. The molecule has 0 aromatic rings. The van der Waals surface area contributed by atoms with Gasteiger partial charge in [0.25, 0.3) is 0 Å². The summed E-state index contributed by atoms with van der Waals surface area (Å²) in [6, 6.07) is 1.09. The number of hydrogen-bond donors (Lipinski definition) is 3. The van der Waals surface area contributed by atoms with Crippen LogP contribution in [0.15, 0.2) is 4.99 Å². The molecule has 4 nitrogen and oxygen atoms in total. The van der Waals surface area contributed by atoms with Crippen molar-refractivity contribution in [1.29, 1.82) is 0 Å². The summed E-state index contributed by atoms with van der Waals surface area (Å²) in [6.45, 7) is 5.13. The van der Waals surface area contributed by atoms with Crippen LogP contribution >= 0.6 is 24.0 Å². The minimum Gasteiger partial charge on any atom is -0.393 e. The van der Waals surface area contributed by atoms with Gasteiger partial charge in [-0.15, -0.1) is 24.0 Å². The van der Waals surface area contributed by atoms with Gasteiger partial charge in [-0.05, 0) is 44.9 Å². The summed E-state index contributed by atoms with van der Waals surface area (Å²) >= 11 is 0. The largest absolute Gasteiger partial charge is 0.393 e. The van der Waals surface area contributed by atoms with Gasteiger partial charge in [0, 0.05) is 18.6 Å². The lowest BCUT2D eigenvalue weighted by atomic mass is 9.93.